The van der Waals surface area contributed by atoms with Gasteiger partial charge in [0, 0.05) is 38.5 Å². The first kappa shape index (κ1) is 15.4. The molecule has 0 radical (unpaired) electrons. The van der Waals surface area contributed by atoms with Crippen molar-refractivity contribution in [2.45, 2.75) is 44.8 Å². The summed E-state index contributed by atoms with van der Waals surface area (Å²) in [5, 5.41) is 0. The molecule has 3 rings (SSSR count). The number of aromatic nitrogens is 2. The summed E-state index contributed by atoms with van der Waals surface area (Å²) in [5.41, 5.74) is 0. The lowest BCUT2D eigenvalue weighted by Gasteiger charge is -2.33. The van der Waals surface area contributed by atoms with E-state index in [-0.39, 0.29) is 18.9 Å². The quantitative estimate of drug-likeness (QED) is 0.860. The Morgan fingerprint density at radius 1 is 1.55 bits per heavy atom. The molecule has 0 unspecified atom stereocenters. The van der Waals surface area contributed by atoms with Crippen molar-refractivity contribution in [3.05, 3.63) is 18.2 Å². The maximum absolute atomic E-state index is 13.4. The van der Waals surface area contributed by atoms with Crippen LogP contribution >= 0.6 is 0 Å². The number of amides is 1. The van der Waals surface area contributed by atoms with Gasteiger partial charge in [0.15, 0.2) is 0 Å². The van der Waals surface area contributed by atoms with Gasteiger partial charge in [-0.25, -0.2) is 13.8 Å². The Morgan fingerprint density at radius 3 is 3.05 bits per heavy atom. The minimum Gasteiger partial charge on any atom is -0.369 e. The third-order valence-electron chi connectivity index (χ3n) is 4.46. The van der Waals surface area contributed by atoms with Gasteiger partial charge in [-0.1, -0.05) is 0 Å². The average Bonchev–Trinajstić information content (AvgIpc) is 3.12. The predicted molar refractivity (Wildman–Crippen MR) is 75.5 cm³/mol. The van der Waals surface area contributed by atoms with Crippen molar-refractivity contribution in [3.8, 4) is 0 Å². The van der Waals surface area contributed by atoms with E-state index in [1.165, 1.54) is 4.90 Å². The summed E-state index contributed by atoms with van der Waals surface area (Å²) in [6, 6.07) is 0. The van der Waals surface area contributed by atoms with E-state index in [4.69, 9.17) is 4.74 Å². The van der Waals surface area contributed by atoms with E-state index < -0.39 is 24.5 Å². The molecule has 0 spiro atoms. The molecule has 0 bridgehead atoms. The zero-order chi connectivity index (χ0) is 15.7. The van der Waals surface area contributed by atoms with Crippen LogP contribution in [0.15, 0.2) is 12.4 Å². The second-order valence-corrected chi connectivity index (χ2v) is 5.98. The summed E-state index contributed by atoms with van der Waals surface area (Å²) >= 11 is 0. The predicted octanol–water partition coefficient (Wildman–Crippen LogP) is 2.24. The zero-order valence-corrected chi connectivity index (χ0v) is 12.7. The highest BCUT2D eigenvalue weighted by Gasteiger charge is 2.44. The molecule has 2 saturated heterocycles. The van der Waals surface area contributed by atoms with Crippen LogP contribution in [0.2, 0.25) is 0 Å². The number of nitrogens with zero attached hydrogens (tertiary/aromatic N) is 3. The fraction of sp³-hybridized carbons (Fsp3) is 0.733. The van der Waals surface area contributed by atoms with Gasteiger partial charge < -0.3 is 14.2 Å². The SMILES string of the molecule is CCn1ccnc1[C@@H]1OCCC[C@H]1C(=O)N1CCC(F)(F)C1. The first-order chi connectivity index (χ1) is 10.5. The van der Waals surface area contributed by atoms with Gasteiger partial charge in [-0.05, 0) is 19.8 Å². The van der Waals surface area contributed by atoms with Crippen molar-refractivity contribution >= 4 is 5.91 Å². The maximum Gasteiger partial charge on any atom is 0.267 e. The Kier molecular flexibility index (Phi) is 4.16. The average molecular weight is 313 g/mol. The first-order valence-electron chi connectivity index (χ1n) is 7.81. The molecular weight excluding hydrogens is 292 g/mol. The smallest absolute Gasteiger partial charge is 0.267 e. The van der Waals surface area contributed by atoms with Crippen molar-refractivity contribution in [2.24, 2.45) is 5.92 Å². The molecule has 0 saturated carbocycles. The molecule has 2 aliphatic rings. The van der Waals surface area contributed by atoms with E-state index in [0.717, 1.165) is 13.0 Å². The highest BCUT2D eigenvalue weighted by molar-refractivity contribution is 5.80. The molecule has 0 aliphatic carbocycles. The fourth-order valence-electron chi connectivity index (χ4n) is 3.29. The lowest BCUT2D eigenvalue weighted by atomic mass is 9.92. The number of hydrogen-bond acceptors (Lipinski definition) is 3. The molecule has 22 heavy (non-hydrogen) atoms. The third kappa shape index (κ3) is 2.86. The number of likely N-dealkylation sites (tertiary alicyclic amines) is 1. The number of imidazole rings is 1. The van der Waals surface area contributed by atoms with Crippen LogP contribution < -0.4 is 0 Å². The number of ether oxygens (including phenoxy) is 1. The van der Waals surface area contributed by atoms with Crippen LogP contribution in [0.25, 0.3) is 0 Å². The van der Waals surface area contributed by atoms with Crippen LogP contribution in [0.4, 0.5) is 8.78 Å². The second kappa shape index (κ2) is 5.95. The molecule has 1 amide bonds. The molecule has 122 valence electrons. The van der Waals surface area contributed by atoms with Crippen LogP contribution in [-0.2, 0) is 16.1 Å². The lowest BCUT2D eigenvalue weighted by Crippen LogP contribution is -2.41. The summed E-state index contributed by atoms with van der Waals surface area (Å²) in [5.74, 6) is -2.70. The standard InChI is InChI=1S/C15H21F2N3O2/c1-2-19-8-6-18-13(19)12-11(4-3-9-22-12)14(21)20-7-5-15(16,17)10-20/h6,8,11-12H,2-5,7,9-10H2,1H3/t11-,12-/m1/s1. The second-order valence-electron chi connectivity index (χ2n) is 5.98. The summed E-state index contributed by atoms with van der Waals surface area (Å²) < 4.78 is 34.5. The monoisotopic (exact) mass is 313 g/mol. The van der Waals surface area contributed by atoms with E-state index in [1.54, 1.807) is 6.20 Å². The van der Waals surface area contributed by atoms with Crippen molar-refractivity contribution < 1.29 is 18.3 Å². The molecule has 2 fully saturated rings. The Balaban J connectivity index is 1.79. The number of rotatable bonds is 3. The van der Waals surface area contributed by atoms with Crippen molar-refractivity contribution in [1.29, 1.82) is 0 Å². The molecule has 2 aliphatic heterocycles. The summed E-state index contributed by atoms with van der Waals surface area (Å²) in [4.78, 5) is 18.3. The number of alkyl halides is 2. The maximum atomic E-state index is 13.4. The van der Waals surface area contributed by atoms with Crippen LogP contribution in [0, 0.1) is 5.92 Å². The Labute approximate surface area is 128 Å². The summed E-state index contributed by atoms with van der Waals surface area (Å²) in [6.07, 6.45) is 4.26. The topological polar surface area (TPSA) is 47.4 Å². The van der Waals surface area contributed by atoms with Crippen LogP contribution in [-0.4, -0.2) is 46.0 Å². The van der Waals surface area contributed by atoms with Crippen molar-refractivity contribution in [3.63, 3.8) is 0 Å². The molecular formula is C15H21F2N3O2. The van der Waals surface area contributed by atoms with Crippen LogP contribution in [0.5, 0.6) is 0 Å². The number of hydrogen-bond donors (Lipinski definition) is 0. The van der Waals surface area contributed by atoms with E-state index in [9.17, 15) is 13.6 Å². The molecule has 5 nitrogen and oxygen atoms in total. The number of halogens is 2. The third-order valence-corrected chi connectivity index (χ3v) is 4.46. The van der Waals surface area contributed by atoms with Crippen molar-refractivity contribution in [1.82, 2.24) is 14.5 Å². The highest BCUT2D eigenvalue weighted by Crippen LogP contribution is 2.36. The Bertz CT molecular complexity index is 547. The highest BCUT2D eigenvalue weighted by atomic mass is 19.3. The minimum atomic E-state index is -2.76. The van der Waals surface area contributed by atoms with Crippen molar-refractivity contribution in [2.75, 3.05) is 19.7 Å². The van der Waals surface area contributed by atoms with E-state index in [0.29, 0.717) is 18.9 Å². The van der Waals surface area contributed by atoms with Crippen LogP contribution in [0.3, 0.4) is 0 Å². The number of carbonyl (C=O) groups excluding carboxylic acids is 1. The summed E-state index contributed by atoms with van der Waals surface area (Å²) in [6.45, 7) is 2.94. The van der Waals surface area contributed by atoms with Crippen LogP contribution in [0.1, 0.15) is 38.1 Å². The van der Waals surface area contributed by atoms with Gasteiger partial charge in [0.2, 0.25) is 5.91 Å². The molecule has 1 aromatic heterocycles. The van der Waals surface area contributed by atoms with Gasteiger partial charge in [-0.2, -0.15) is 0 Å². The normalized spacial score (nSPS) is 28.0. The molecule has 0 N–H and O–H groups in total. The van der Waals surface area contributed by atoms with E-state index in [2.05, 4.69) is 4.98 Å². The number of carbonyl (C=O) groups is 1. The molecule has 0 aromatic carbocycles. The van der Waals surface area contributed by atoms with Gasteiger partial charge in [0.25, 0.3) is 5.92 Å². The Hall–Kier alpha value is -1.50. The fourth-order valence-corrected chi connectivity index (χ4v) is 3.29. The first-order valence-corrected chi connectivity index (χ1v) is 7.81. The largest absolute Gasteiger partial charge is 0.369 e. The molecule has 3 heterocycles. The molecule has 7 heteroatoms. The lowest BCUT2D eigenvalue weighted by molar-refractivity contribution is -0.146. The molecule has 2 atom stereocenters. The molecule has 1 aromatic rings. The number of aryl methyl sites for hydroxylation is 1. The Morgan fingerprint density at radius 2 is 2.36 bits per heavy atom. The van der Waals surface area contributed by atoms with E-state index >= 15 is 0 Å². The van der Waals surface area contributed by atoms with Gasteiger partial charge in [-0.15, -0.1) is 0 Å². The van der Waals surface area contributed by atoms with Gasteiger partial charge in [0.05, 0.1) is 12.5 Å². The van der Waals surface area contributed by atoms with E-state index in [1.807, 2.05) is 17.7 Å². The van der Waals surface area contributed by atoms with Gasteiger partial charge in [-0.3, -0.25) is 4.79 Å². The minimum absolute atomic E-state index is 0.122. The summed E-state index contributed by atoms with van der Waals surface area (Å²) in [7, 11) is 0. The van der Waals surface area contributed by atoms with Gasteiger partial charge >= 0.3 is 0 Å². The van der Waals surface area contributed by atoms with Gasteiger partial charge in [0.1, 0.15) is 11.9 Å². The zero-order valence-electron chi connectivity index (χ0n) is 12.7.